The van der Waals surface area contributed by atoms with E-state index in [2.05, 4.69) is 0 Å². The van der Waals surface area contributed by atoms with E-state index in [1.165, 1.54) is 0 Å². The van der Waals surface area contributed by atoms with Gasteiger partial charge in [0.25, 0.3) is 0 Å². The zero-order valence-corrected chi connectivity index (χ0v) is 10.1. The molecule has 0 spiro atoms. The normalized spacial score (nSPS) is 22.6. The molecule has 0 bridgehead atoms. The smallest absolute Gasteiger partial charge is 0.230 e. The number of rotatable bonds is 6. The summed E-state index contributed by atoms with van der Waals surface area (Å²) in [5, 5.41) is 0. The summed E-state index contributed by atoms with van der Waals surface area (Å²) in [5.41, 5.74) is 5.55. The van der Waals surface area contributed by atoms with E-state index in [9.17, 15) is 4.79 Å². The first-order valence-electron chi connectivity index (χ1n) is 6.23. The fraction of sp³-hybridized carbons (Fsp3) is 0.917. The average Bonchev–Trinajstić information content (AvgIpc) is 3.02. The molecule has 0 unspecified atom stereocenters. The fourth-order valence-corrected chi connectivity index (χ4v) is 2.44. The molecular weight excluding hydrogens is 204 g/mol. The molecule has 2 fully saturated rings. The van der Waals surface area contributed by atoms with Gasteiger partial charge >= 0.3 is 0 Å². The predicted octanol–water partition coefficient (Wildman–Crippen LogP) is 0.753. The molecule has 2 N–H and O–H groups in total. The first kappa shape index (κ1) is 11.9. The van der Waals surface area contributed by atoms with Crippen LogP contribution in [0.2, 0.25) is 0 Å². The minimum atomic E-state index is -0.226. The Hall–Kier alpha value is -0.610. The van der Waals surface area contributed by atoms with Gasteiger partial charge in [0.05, 0.1) is 12.0 Å². The van der Waals surface area contributed by atoms with Crippen molar-refractivity contribution in [2.24, 2.45) is 11.1 Å². The highest BCUT2D eigenvalue weighted by Gasteiger charge is 2.47. The van der Waals surface area contributed by atoms with Crippen LogP contribution in [0, 0.1) is 5.41 Å². The number of nitrogens with zero attached hydrogens (tertiary/aromatic N) is 1. The Kier molecular flexibility index (Phi) is 3.50. The number of nitrogens with two attached hydrogens (primary N) is 1. The summed E-state index contributed by atoms with van der Waals surface area (Å²) in [6.07, 6.45) is 5.38. The Morgan fingerprint density at radius 1 is 1.50 bits per heavy atom. The van der Waals surface area contributed by atoms with Crippen LogP contribution in [0.3, 0.4) is 0 Å². The van der Waals surface area contributed by atoms with Crippen LogP contribution >= 0.6 is 0 Å². The molecule has 0 saturated heterocycles. The minimum Gasteiger partial charge on any atom is -0.383 e. The van der Waals surface area contributed by atoms with Crippen molar-refractivity contribution < 1.29 is 9.53 Å². The number of amides is 1. The lowest BCUT2D eigenvalue weighted by Crippen LogP contribution is -2.53. The van der Waals surface area contributed by atoms with Gasteiger partial charge in [-0.15, -0.1) is 0 Å². The van der Waals surface area contributed by atoms with Crippen LogP contribution in [0.15, 0.2) is 0 Å². The molecule has 0 aromatic carbocycles. The topological polar surface area (TPSA) is 55.6 Å². The predicted molar refractivity (Wildman–Crippen MR) is 61.9 cm³/mol. The molecule has 2 aliphatic rings. The Labute approximate surface area is 97.1 Å². The third-order valence-corrected chi connectivity index (χ3v) is 3.94. The summed E-state index contributed by atoms with van der Waals surface area (Å²) in [5.74, 6) is 0.279. The molecule has 16 heavy (non-hydrogen) atoms. The molecule has 2 aliphatic carbocycles. The molecule has 2 rings (SSSR count). The number of carbonyl (C=O) groups is 1. The second-order valence-electron chi connectivity index (χ2n) is 5.06. The molecule has 4 nitrogen and oxygen atoms in total. The Morgan fingerprint density at radius 2 is 2.19 bits per heavy atom. The van der Waals surface area contributed by atoms with Crippen molar-refractivity contribution in [1.82, 2.24) is 4.90 Å². The van der Waals surface area contributed by atoms with E-state index < -0.39 is 0 Å². The highest BCUT2D eigenvalue weighted by molar-refractivity contribution is 5.84. The van der Waals surface area contributed by atoms with Gasteiger partial charge in [0.15, 0.2) is 0 Å². The lowest BCUT2D eigenvalue weighted by molar-refractivity contribution is -0.148. The van der Waals surface area contributed by atoms with Crippen LogP contribution in [0.5, 0.6) is 0 Å². The molecule has 0 radical (unpaired) electrons. The van der Waals surface area contributed by atoms with Gasteiger partial charge in [-0.1, -0.05) is 6.42 Å². The van der Waals surface area contributed by atoms with Crippen LogP contribution in [-0.2, 0) is 9.53 Å². The van der Waals surface area contributed by atoms with Gasteiger partial charge in [0, 0.05) is 26.2 Å². The molecule has 4 heteroatoms. The molecular formula is C12H22N2O2. The van der Waals surface area contributed by atoms with E-state index >= 15 is 0 Å². The van der Waals surface area contributed by atoms with E-state index in [0.29, 0.717) is 19.2 Å². The monoisotopic (exact) mass is 226 g/mol. The summed E-state index contributed by atoms with van der Waals surface area (Å²) in [7, 11) is 1.68. The fourth-order valence-electron chi connectivity index (χ4n) is 2.44. The van der Waals surface area contributed by atoms with Crippen molar-refractivity contribution in [2.75, 3.05) is 26.8 Å². The third-order valence-electron chi connectivity index (χ3n) is 3.94. The highest BCUT2D eigenvalue weighted by atomic mass is 16.5. The molecule has 2 saturated carbocycles. The summed E-state index contributed by atoms with van der Waals surface area (Å²) in [6, 6.07) is 0.465. The second-order valence-corrected chi connectivity index (χ2v) is 5.06. The van der Waals surface area contributed by atoms with E-state index in [1.807, 2.05) is 4.90 Å². The van der Waals surface area contributed by atoms with Crippen molar-refractivity contribution in [3.63, 3.8) is 0 Å². The lowest BCUT2D eigenvalue weighted by Gasteiger charge is -2.43. The summed E-state index contributed by atoms with van der Waals surface area (Å²) in [4.78, 5) is 14.5. The number of carbonyl (C=O) groups excluding carboxylic acids is 1. The zero-order valence-electron chi connectivity index (χ0n) is 10.1. The van der Waals surface area contributed by atoms with Gasteiger partial charge in [0.2, 0.25) is 5.91 Å². The van der Waals surface area contributed by atoms with Crippen LogP contribution < -0.4 is 5.73 Å². The van der Waals surface area contributed by atoms with Crippen LogP contribution in [0.4, 0.5) is 0 Å². The van der Waals surface area contributed by atoms with Crippen LogP contribution in [0.1, 0.15) is 32.1 Å². The van der Waals surface area contributed by atoms with E-state index in [4.69, 9.17) is 10.5 Å². The molecule has 0 atom stereocenters. The second kappa shape index (κ2) is 4.72. The van der Waals surface area contributed by atoms with Gasteiger partial charge in [-0.05, 0) is 25.7 Å². The summed E-state index contributed by atoms with van der Waals surface area (Å²) < 4.78 is 5.07. The average molecular weight is 226 g/mol. The molecule has 0 aromatic heterocycles. The Bertz CT molecular complexity index is 254. The first-order chi connectivity index (χ1) is 7.73. The molecule has 1 amide bonds. The van der Waals surface area contributed by atoms with Crippen molar-refractivity contribution in [1.29, 1.82) is 0 Å². The van der Waals surface area contributed by atoms with E-state index in [0.717, 1.165) is 38.6 Å². The largest absolute Gasteiger partial charge is 0.383 e. The number of methoxy groups -OCH3 is 1. The standard InChI is InChI=1S/C12H22N2O2/c1-16-8-7-14(10-3-4-10)11(15)12(9-13)5-2-6-12/h10H,2-9,13H2,1H3. The van der Waals surface area contributed by atoms with E-state index in [-0.39, 0.29) is 11.3 Å². The maximum atomic E-state index is 12.5. The van der Waals surface area contributed by atoms with Gasteiger partial charge in [-0.3, -0.25) is 4.79 Å². The third kappa shape index (κ3) is 2.09. The zero-order chi connectivity index (χ0) is 11.6. The molecule has 0 aromatic rings. The maximum absolute atomic E-state index is 12.5. The van der Waals surface area contributed by atoms with Crippen molar-refractivity contribution >= 4 is 5.91 Å². The van der Waals surface area contributed by atoms with Gasteiger partial charge in [-0.2, -0.15) is 0 Å². The SMILES string of the molecule is COCCN(C(=O)C1(CN)CCC1)C1CC1. The summed E-state index contributed by atoms with van der Waals surface area (Å²) in [6.45, 7) is 1.85. The maximum Gasteiger partial charge on any atom is 0.230 e. The number of ether oxygens (including phenoxy) is 1. The van der Waals surface area contributed by atoms with E-state index in [1.54, 1.807) is 7.11 Å². The first-order valence-corrected chi connectivity index (χ1v) is 6.23. The van der Waals surface area contributed by atoms with Crippen LogP contribution in [-0.4, -0.2) is 43.7 Å². The number of hydrogen-bond donors (Lipinski definition) is 1. The number of hydrogen-bond acceptors (Lipinski definition) is 3. The van der Waals surface area contributed by atoms with Gasteiger partial charge in [-0.25, -0.2) is 0 Å². The lowest BCUT2D eigenvalue weighted by atomic mass is 9.67. The molecule has 92 valence electrons. The van der Waals surface area contributed by atoms with Crippen molar-refractivity contribution in [2.45, 2.75) is 38.1 Å². The Balaban J connectivity index is 1.98. The quantitative estimate of drug-likeness (QED) is 0.727. The van der Waals surface area contributed by atoms with Crippen molar-refractivity contribution in [3.05, 3.63) is 0 Å². The van der Waals surface area contributed by atoms with Gasteiger partial charge in [0.1, 0.15) is 0 Å². The molecule has 0 heterocycles. The van der Waals surface area contributed by atoms with Gasteiger partial charge < -0.3 is 15.4 Å². The van der Waals surface area contributed by atoms with Crippen LogP contribution in [0.25, 0.3) is 0 Å². The Morgan fingerprint density at radius 3 is 2.56 bits per heavy atom. The highest BCUT2D eigenvalue weighted by Crippen LogP contribution is 2.43. The molecule has 0 aliphatic heterocycles. The van der Waals surface area contributed by atoms with Crippen molar-refractivity contribution in [3.8, 4) is 0 Å². The summed E-state index contributed by atoms with van der Waals surface area (Å²) >= 11 is 0. The minimum absolute atomic E-state index is 0.226.